The number of hydrogen-bond donors (Lipinski definition) is 2. The highest BCUT2D eigenvalue weighted by atomic mass is 19.1. The summed E-state index contributed by atoms with van der Waals surface area (Å²) in [5.74, 6) is -1.90. The van der Waals surface area contributed by atoms with Gasteiger partial charge in [-0.2, -0.15) is 0 Å². The highest BCUT2D eigenvalue weighted by molar-refractivity contribution is 5.92. The molecule has 0 aromatic heterocycles. The summed E-state index contributed by atoms with van der Waals surface area (Å²) in [5.41, 5.74) is -1.18. The molecule has 104 valence electrons. The van der Waals surface area contributed by atoms with E-state index in [1.807, 2.05) is 0 Å². The number of halogens is 2. The minimum absolute atomic E-state index is 0.0627. The third kappa shape index (κ3) is 3.86. The zero-order valence-electron chi connectivity index (χ0n) is 11.1. The SMILES string of the molecule is CC=C(C)C(=O)NCC(C)(O)c1ccc(F)cc1F. The summed E-state index contributed by atoms with van der Waals surface area (Å²) < 4.78 is 26.4. The van der Waals surface area contributed by atoms with Gasteiger partial charge < -0.3 is 10.4 Å². The lowest BCUT2D eigenvalue weighted by atomic mass is 9.95. The number of amides is 1. The Labute approximate surface area is 110 Å². The highest BCUT2D eigenvalue weighted by Gasteiger charge is 2.27. The van der Waals surface area contributed by atoms with Gasteiger partial charge in [0, 0.05) is 17.2 Å². The van der Waals surface area contributed by atoms with Crippen molar-refractivity contribution in [2.75, 3.05) is 6.54 Å². The minimum Gasteiger partial charge on any atom is -0.383 e. The lowest BCUT2D eigenvalue weighted by Crippen LogP contribution is -2.39. The summed E-state index contributed by atoms with van der Waals surface area (Å²) in [5, 5.41) is 12.7. The first-order valence-corrected chi connectivity index (χ1v) is 5.87. The zero-order chi connectivity index (χ0) is 14.6. The fraction of sp³-hybridized carbons (Fsp3) is 0.357. The van der Waals surface area contributed by atoms with Crippen LogP contribution >= 0.6 is 0 Å². The molecule has 1 unspecified atom stereocenters. The summed E-state index contributed by atoms with van der Waals surface area (Å²) in [6, 6.07) is 2.92. The van der Waals surface area contributed by atoms with Crippen molar-refractivity contribution in [1.29, 1.82) is 0 Å². The van der Waals surface area contributed by atoms with Gasteiger partial charge in [-0.25, -0.2) is 8.78 Å². The van der Waals surface area contributed by atoms with Gasteiger partial charge in [0.25, 0.3) is 0 Å². The summed E-state index contributed by atoms with van der Waals surface area (Å²) in [6.45, 7) is 4.53. The van der Waals surface area contributed by atoms with Crippen LogP contribution in [0.25, 0.3) is 0 Å². The van der Waals surface area contributed by atoms with Gasteiger partial charge >= 0.3 is 0 Å². The molecule has 0 spiro atoms. The number of carbonyl (C=O) groups excluding carboxylic acids is 1. The van der Waals surface area contributed by atoms with Crippen LogP contribution < -0.4 is 5.32 Å². The number of aliphatic hydroxyl groups is 1. The first kappa shape index (κ1) is 15.3. The van der Waals surface area contributed by atoms with Gasteiger partial charge in [-0.15, -0.1) is 0 Å². The smallest absolute Gasteiger partial charge is 0.246 e. The van der Waals surface area contributed by atoms with Gasteiger partial charge in [-0.1, -0.05) is 12.1 Å². The van der Waals surface area contributed by atoms with E-state index in [9.17, 15) is 18.7 Å². The van der Waals surface area contributed by atoms with Crippen LogP contribution in [0.4, 0.5) is 8.78 Å². The molecule has 1 aromatic rings. The molecule has 0 fully saturated rings. The average molecular weight is 269 g/mol. The molecule has 0 aliphatic heterocycles. The number of rotatable bonds is 4. The van der Waals surface area contributed by atoms with Crippen LogP contribution in [0.3, 0.4) is 0 Å². The van der Waals surface area contributed by atoms with Gasteiger partial charge in [0.05, 0.1) is 6.54 Å². The standard InChI is InChI=1S/C14H17F2NO2/c1-4-9(2)13(18)17-8-14(3,19)11-6-5-10(15)7-12(11)16/h4-7,19H,8H2,1-3H3,(H,17,18). The molecule has 5 heteroatoms. The monoisotopic (exact) mass is 269 g/mol. The summed E-state index contributed by atoms with van der Waals surface area (Å²) in [7, 11) is 0. The van der Waals surface area contributed by atoms with Crippen molar-refractivity contribution < 1.29 is 18.7 Å². The first-order chi connectivity index (χ1) is 8.77. The van der Waals surface area contributed by atoms with Crippen molar-refractivity contribution in [3.05, 3.63) is 47.0 Å². The van der Waals surface area contributed by atoms with Crippen LogP contribution in [0.15, 0.2) is 29.8 Å². The van der Waals surface area contributed by atoms with E-state index in [0.29, 0.717) is 11.6 Å². The summed E-state index contributed by atoms with van der Waals surface area (Å²) in [4.78, 5) is 11.5. The Kier molecular flexibility index (Phi) is 4.78. The molecule has 19 heavy (non-hydrogen) atoms. The maximum Gasteiger partial charge on any atom is 0.246 e. The fourth-order valence-corrected chi connectivity index (χ4v) is 1.54. The summed E-state index contributed by atoms with van der Waals surface area (Å²) in [6.07, 6.45) is 1.63. The molecule has 0 saturated carbocycles. The van der Waals surface area contributed by atoms with Crippen LogP contribution in [0.2, 0.25) is 0 Å². The quantitative estimate of drug-likeness (QED) is 0.824. The van der Waals surface area contributed by atoms with E-state index in [-0.39, 0.29) is 18.0 Å². The number of benzene rings is 1. The predicted octanol–water partition coefficient (Wildman–Crippen LogP) is 2.25. The molecule has 1 atom stereocenters. The van der Waals surface area contributed by atoms with E-state index in [2.05, 4.69) is 5.32 Å². The average Bonchev–Trinajstić information content (AvgIpc) is 2.34. The highest BCUT2D eigenvalue weighted by Crippen LogP contribution is 2.23. The molecular formula is C14H17F2NO2. The van der Waals surface area contributed by atoms with Crippen LogP contribution in [0, 0.1) is 11.6 Å². The molecule has 0 bridgehead atoms. The second kappa shape index (κ2) is 5.93. The molecular weight excluding hydrogens is 252 g/mol. The van der Waals surface area contributed by atoms with Crippen molar-refractivity contribution in [3.8, 4) is 0 Å². The van der Waals surface area contributed by atoms with E-state index in [0.717, 1.165) is 6.07 Å². The van der Waals surface area contributed by atoms with Crippen molar-refractivity contribution >= 4 is 5.91 Å². The molecule has 2 N–H and O–H groups in total. The van der Waals surface area contributed by atoms with E-state index in [1.165, 1.54) is 13.0 Å². The van der Waals surface area contributed by atoms with Crippen LogP contribution in [0.1, 0.15) is 26.3 Å². The number of carbonyl (C=O) groups is 1. The van der Waals surface area contributed by atoms with Crippen LogP contribution in [-0.4, -0.2) is 17.6 Å². The molecule has 1 aromatic carbocycles. The Morgan fingerprint density at radius 3 is 2.63 bits per heavy atom. The molecule has 0 radical (unpaired) electrons. The number of allylic oxidation sites excluding steroid dienone is 1. The zero-order valence-corrected chi connectivity index (χ0v) is 11.1. The molecule has 3 nitrogen and oxygen atoms in total. The van der Waals surface area contributed by atoms with E-state index in [4.69, 9.17) is 0 Å². The second-order valence-electron chi connectivity index (χ2n) is 4.55. The van der Waals surface area contributed by atoms with E-state index in [1.54, 1.807) is 19.9 Å². The molecule has 0 aliphatic rings. The van der Waals surface area contributed by atoms with Gasteiger partial charge in [-0.05, 0) is 26.8 Å². The maximum atomic E-state index is 13.6. The van der Waals surface area contributed by atoms with Gasteiger partial charge in [0.1, 0.15) is 17.2 Å². The Bertz CT molecular complexity index is 510. The van der Waals surface area contributed by atoms with Crippen molar-refractivity contribution in [3.63, 3.8) is 0 Å². The lowest BCUT2D eigenvalue weighted by Gasteiger charge is -2.24. The summed E-state index contributed by atoms with van der Waals surface area (Å²) >= 11 is 0. The molecule has 0 aliphatic carbocycles. The number of hydrogen-bond acceptors (Lipinski definition) is 2. The first-order valence-electron chi connectivity index (χ1n) is 5.87. The molecule has 0 saturated heterocycles. The van der Waals surface area contributed by atoms with Gasteiger partial charge in [0.15, 0.2) is 0 Å². The van der Waals surface area contributed by atoms with Crippen molar-refractivity contribution in [1.82, 2.24) is 5.32 Å². The third-order valence-electron chi connectivity index (χ3n) is 2.90. The Balaban J connectivity index is 2.84. The largest absolute Gasteiger partial charge is 0.383 e. The molecule has 1 rings (SSSR count). The minimum atomic E-state index is -1.61. The van der Waals surface area contributed by atoms with Gasteiger partial charge in [0.2, 0.25) is 5.91 Å². The van der Waals surface area contributed by atoms with Crippen LogP contribution in [-0.2, 0) is 10.4 Å². The molecule has 1 amide bonds. The Morgan fingerprint density at radius 2 is 2.11 bits per heavy atom. The second-order valence-corrected chi connectivity index (χ2v) is 4.55. The lowest BCUT2D eigenvalue weighted by molar-refractivity contribution is -0.118. The van der Waals surface area contributed by atoms with Crippen molar-refractivity contribution in [2.45, 2.75) is 26.4 Å². The topological polar surface area (TPSA) is 49.3 Å². The van der Waals surface area contributed by atoms with E-state index >= 15 is 0 Å². The van der Waals surface area contributed by atoms with Gasteiger partial charge in [-0.3, -0.25) is 4.79 Å². The third-order valence-corrected chi connectivity index (χ3v) is 2.90. The van der Waals surface area contributed by atoms with Crippen LogP contribution in [0.5, 0.6) is 0 Å². The Morgan fingerprint density at radius 1 is 1.47 bits per heavy atom. The van der Waals surface area contributed by atoms with Crippen molar-refractivity contribution in [2.24, 2.45) is 0 Å². The maximum absolute atomic E-state index is 13.6. The van der Waals surface area contributed by atoms with E-state index < -0.39 is 17.2 Å². The normalized spacial score (nSPS) is 14.9. The fourth-order valence-electron chi connectivity index (χ4n) is 1.54. The Hall–Kier alpha value is -1.75. The molecule has 0 heterocycles. The number of nitrogens with one attached hydrogen (secondary N) is 1. The predicted molar refractivity (Wildman–Crippen MR) is 68.4 cm³/mol.